The second-order valence-electron chi connectivity index (χ2n) is 4.41. The molecular formula is C14H12BrFN2O2. The van der Waals surface area contributed by atoms with Crippen molar-refractivity contribution in [2.24, 2.45) is 0 Å². The Morgan fingerprint density at radius 1 is 1.30 bits per heavy atom. The molecule has 2 aromatic carbocycles. The molecule has 0 amide bonds. The molecule has 6 heteroatoms. The lowest BCUT2D eigenvalue weighted by molar-refractivity contribution is -0.385. The zero-order chi connectivity index (χ0) is 14.7. The number of nitro groups is 1. The van der Waals surface area contributed by atoms with E-state index in [1.165, 1.54) is 18.2 Å². The fraction of sp³-hybridized carbons (Fsp3) is 0.143. The summed E-state index contributed by atoms with van der Waals surface area (Å²) in [5.41, 5.74) is 2.23. The van der Waals surface area contributed by atoms with Gasteiger partial charge in [0.25, 0.3) is 5.69 Å². The molecule has 1 N–H and O–H groups in total. The van der Waals surface area contributed by atoms with Gasteiger partial charge in [-0.05, 0) is 58.2 Å². The highest BCUT2D eigenvalue weighted by atomic mass is 79.9. The topological polar surface area (TPSA) is 55.2 Å². The summed E-state index contributed by atoms with van der Waals surface area (Å²) < 4.78 is 13.7. The van der Waals surface area contributed by atoms with E-state index in [1.54, 1.807) is 19.1 Å². The van der Waals surface area contributed by atoms with Crippen LogP contribution < -0.4 is 5.32 Å². The minimum absolute atomic E-state index is 0.0136. The van der Waals surface area contributed by atoms with Gasteiger partial charge in [-0.1, -0.05) is 6.07 Å². The molecule has 0 radical (unpaired) electrons. The molecule has 0 unspecified atom stereocenters. The van der Waals surface area contributed by atoms with Gasteiger partial charge in [0.05, 0.1) is 9.40 Å². The van der Waals surface area contributed by atoms with Crippen molar-refractivity contribution in [1.82, 2.24) is 0 Å². The molecule has 0 saturated heterocycles. The Kier molecular flexibility index (Phi) is 4.34. The van der Waals surface area contributed by atoms with Crippen molar-refractivity contribution in [3.63, 3.8) is 0 Å². The van der Waals surface area contributed by atoms with E-state index in [9.17, 15) is 14.5 Å². The van der Waals surface area contributed by atoms with E-state index in [-0.39, 0.29) is 11.5 Å². The molecule has 0 atom stereocenters. The van der Waals surface area contributed by atoms with Gasteiger partial charge in [0.2, 0.25) is 0 Å². The Labute approximate surface area is 123 Å². The van der Waals surface area contributed by atoms with Crippen molar-refractivity contribution in [3.05, 3.63) is 67.9 Å². The molecular weight excluding hydrogens is 327 g/mol. The number of hydrogen-bond donors (Lipinski definition) is 1. The van der Waals surface area contributed by atoms with Gasteiger partial charge < -0.3 is 5.32 Å². The van der Waals surface area contributed by atoms with E-state index in [4.69, 9.17) is 0 Å². The number of aryl methyl sites for hydroxylation is 1. The van der Waals surface area contributed by atoms with Gasteiger partial charge in [-0.2, -0.15) is 0 Å². The summed E-state index contributed by atoms with van der Waals surface area (Å²) in [6.07, 6.45) is 0. The predicted octanol–water partition coefficient (Wildman–Crippen LogP) is 4.42. The number of nitrogens with zero attached hydrogens (tertiary/aromatic N) is 1. The normalized spacial score (nSPS) is 10.3. The van der Waals surface area contributed by atoms with Crippen LogP contribution in [0.5, 0.6) is 0 Å². The summed E-state index contributed by atoms with van der Waals surface area (Å²) >= 11 is 3.13. The SMILES string of the molecule is Cc1cc(F)cc(NCc2ccc(Br)c([N+](=O)[O-])c2)c1. The second kappa shape index (κ2) is 6.00. The number of nitrogens with one attached hydrogen (secondary N) is 1. The summed E-state index contributed by atoms with van der Waals surface area (Å²) in [4.78, 5) is 10.4. The average Bonchev–Trinajstić information content (AvgIpc) is 2.36. The van der Waals surface area contributed by atoms with E-state index < -0.39 is 4.92 Å². The van der Waals surface area contributed by atoms with Crippen LogP contribution in [0.4, 0.5) is 15.8 Å². The number of nitro benzene ring substituents is 1. The Hall–Kier alpha value is -1.95. The summed E-state index contributed by atoms with van der Waals surface area (Å²) in [7, 11) is 0. The highest BCUT2D eigenvalue weighted by Gasteiger charge is 2.12. The van der Waals surface area contributed by atoms with Gasteiger partial charge in [-0.15, -0.1) is 0 Å². The summed E-state index contributed by atoms with van der Waals surface area (Å²) in [5.74, 6) is -0.311. The van der Waals surface area contributed by atoms with E-state index >= 15 is 0 Å². The van der Waals surface area contributed by atoms with Crippen molar-refractivity contribution in [1.29, 1.82) is 0 Å². The third-order valence-corrected chi connectivity index (χ3v) is 3.42. The minimum Gasteiger partial charge on any atom is -0.381 e. The molecule has 0 saturated carbocycles. The maximum Gasteiger partial charge on any atom is 0.283 e. The molecule has 2 aromatic rings. The molecule has 0 heterocycles. The summed E-state index contributed by atoms with van der Waals surface area (Å²) in [5, 5.41) is 13.9. The average molecular weight is 339 g/mol. The van der Waals surface area contributed by atoms with Gasteiger partial charge >= 0.3 is 0 Å². The maximum absolute atomic E-state index is 13.2. The standard InChI is InChI=1S/C14H12BrFN2O2/c1-9-4-11(16)7-12(5-9)17-8-10-2-3-13(15)14(6-10)18(19)20/h2-7,17H,8H2,1H3. The van der Waals surface area contributed by atoms with Crippen molar-refractivity contribution < 1.29 is 9.31 Å². The highest BCUT2D eigenvalue weighted by Crippen LogP contribution is 2.26. The Balaban J connectivity index is 2.14. The fourth-order valence-corrected chi connectivity index (χ4v) is 2.24. The van der Waals surface area contributed by atoms with Crippen LogP contribution in [-0.2, 0) is 6.54 Å². The molecule has 4 nitrogen and oxygen atoms in total. The minimum atomic E-state index is -0.445. The van der Waals surface area contributed by atoms with Gasteiger partial charge in [-0.3, -0.25) is 10.1 Å². The van der Waals surface area contributed by atoms with E-state index in [1.807, 2.05) is 6.07 Å². The molecule has 0 aromatic heterocycles. The third kappa shape index (κ3) is 3.54. The van der Waals surface area contributed by atoms with Crippen molar-refractivity contribution in [3.8, 4) is 0 Å². The largest absolute Gasteiger partial charge is 0.381 e. The third-order valence-electron chi connectivity index (χ3n) is 2.75. The van der Waals surface area contributed by atoms with Crippen LogP contribution >= 0.6 is 15.9 Å². The first-order valence-electron chi connectivity index (χ1n) is 5.89. The predicted molar refractivity (Wildman–Crippen MR) is 79.3 cm³/mol. The second-order valence-corrected chi connectivity index (χ2v) is 5.27. The number of rotatable bonds is 4. The molecule has 2 rings (SSSR count). The fourth-order valence-electron chi connectivity index (χ4n) is 1.85. The molecule has 0 fully saturated rings. The van der Waals surface area contributed by atoms with Gasteiger partial charge in [0, 0.05) is 18.3 Å². The lowest BCUT2D eigenvalue weighted by Gasteiger charge is -2.08. The Morgan fingerprint density at radius 2 is 2.05 bits per heavy atom. The molecule has 104 valence electrons. The van der Waals surface area contributed by atoms with E-state index in [2.05, 4.69) is 21.2 Å². The summed E-state index contributed by atoms with van der Waals surface area (Å²) in [6.45, 7) is 2.19. The summed E-state index contributed by atoms with van der Waals surface area (Å²) in [6, 6.07) is 9.54. The quantitative estimate of drug-likeness (QED) is 0.663. The van der Waals surface area contributed by atoms with Crippen LogP contribution in [0, 0.1) is 22.9 Å². The zero-order valence-corrected chi connectivity index (χ0v) is 12.3. The van der Waals surface area contributed by atoms with Gasteiger partial charge in [-0.25, -0.2) is 4.39 Å². The first-order chi connectivity index (χ1) is 9.45. The van der Waals surface area contributed by atoms with Crippen LogP contribution in [0.1, 0.15) is 11.1 Å². The lowest BCUT2D eigenvalue weighted by atomic mass is 10.2. The molecule has 0 spiro atoms. The maximum atomic E-state index is 13.2. The lowest BCUT2D eigenvalue weighted by Crippen LogP contribution is -2.01. The number of anilines is 1. The monoisotopic (exact) mass is 338 g/mol. The first-order valence-corrected chi connectivity index (χ1v) is 6.69. The van der Waals surface area contributed by atoms with Crippen LogP contribution in [0.25, 0.3) is 0 Å². The molecule has 0 aliphatic rings. The van der Waals surface area contributed by atoms with Crippen molar-refractivity contribution >= 4 is 27.3 Å². The van der Waals surface area contributed by atoms with Crippen molar-refractivity contribution in [2.45, 2.75) is 13.5 Å². The zero-order valence-electron chi connectivity index (χ0n) is 10.7. The Morgan fingerprint density at radius 3 is 2.70 bits per heavy atom. The number of benzene rings is 2. The van der Waals surface area contributed by atoms with Crippen molar-refractivity contribution in [2.75, 3.05) is 5.32 Å². The first kappa shape index (κ1) is 14.5. The van der Waals surface area contributed by atoms with Crippen LogP contribution in [0.2, 0.25) is 0 Å². The van der Waals surface area contributed by atoms with Gasteiger partial charge in [0.15, 0.2) is 0 Å². The smallest absolute Gasteiger partial charge is 0.283 e. The molecule has 0 bridgehead atoms. The number of halogens is 2. The van der Waals surface area contributed by atoms with Crippen LogP contribution in [-0.4, -0.2) is 4.92 Å². The van der Waals surface area contributed by atoms with E-state index in [0.29, 0.717) is 16.7 Å². The molecule has 0 aliphatic heterocycles. The van der Waals surface area contributed by atoms with Crippen LogP contribution in [0.15, 0.2) is 40.9 Å². The molecule has 0 aliphatic carbocycles. The highest BCUT2D eigenvalue weighted by molar-refractivity contribution is 9.10. The van der Waals surface area contributed by atoms with Gasteiger partial charge in [0.1, 0.15) is 5.82 Å². The van der Waals surface area contributed by atoms with E-state index in [0.717, 1.165) is 11.1 Å². The number of hydrogen-bond acceptors (Lipinski definition) is 3. The van der Waals surface area contributed by atoms with Crippen LogP contribution in [0.3, 0.4) is 0 Å². The Bertz CT molecular complexity index is 641. The molecule has 20 heavy (non-hydrogen) atoms.